The second-order valence-corrected chi connectivity index (χ2v) is 6.44. The molecule has 1 aromatic carbocycles. The molecule has 1 aliphatic heterocycles. The van der Waals surface area contributed by atoms with Gasteiger partial charge in [0.25, 0.3) is 5.91 Å². The van der Waals surface area contributed by atoms with Crippen molar-refractivity contribution in [3.05, 3.63) is 70.3 Å². The Balaban J connectivity index is 2.24. The zero-order valence-electron chi connectivity index (χ0n) is 14.6. The summed E-state index contributed by atoms with van der Waals surface area (Å²) in [5, 5.41) is 2.93. The van der Waals surface area contributed by atoms with Crippen molar-refractivity contribution in [3.63, 3.8) is 0 Å². The van der Waals surface area contributed by atoms with E-state index in [0.29, 0.717) is 11.1 Å². The van der Waals surface area contributed by atoms with Crippen LogP contribution in [0.3, 0.4) is 0 Å². The molecule has 1 aliphatic carbocycles. The van der Waals surface area contributed by atoms with E-state index in [0.717, 1.165) is 52.8 Å². The van der Waals surface area contributed by atoms with E-state index in [2.05, 4.69) is 11.9 Å². The van der Waals surface area contributed by atoms with Crippen LogP contribution in [0.2, 0.25) is 0 Å². The van der Waals surface area contributed by atoms with Crippen LogP contribution in [-0.4, -0.2) is 11.8 Å². The van der Waals surface area contributed by atoms with Gasteiger partial charge in [-0.25, -0.2) is 0 Å². The molecule has 3 rings (SSSR count). The lowest BCUT2D eigenvalue weighted by Crippen LogP contribution is -2.20. The van der Waals surface area contributed by atoms with Gasteiger partial charge in [-0.1, -0.05) is 30.9 Å². The number of para-hydroxylation sites is 1. The summed E-state index contributed by atoms with van der Waals surface area (Å²) in [5.41, 5.74) is 12.3. The van der Waals surface area contributed by atoms with E-state index in [4.69, 9.17) is 5.73 Å². The molecule has 0 bridgehead atoms. The molecule has 2 aliphatic rings. The van der Waals surface area contributed by atoms with Gasteiger partial charge in [0.2, 0.25) is 5.91 Å². The summed E-state index contributed by atoms with van der Waals surface area (Å²) in [6.07, 6.45) is 4.11. The fourth-order valence-corrected chi connectivity index (χ4v) is 3.72. The van der Waals surface area contributed by atoms with Gasteiger partial charge in [-0.05, 0) is 61.5 Å². The van der Waals surface area contributed by atoms with Crippen molar-refractivity contribution in [1.82, 2.24) is 0 Å². The molecule has 1 heterocycles. The van der Waals surface area contributed by atoms with E-state index in [1.165, 1.54) is 0 Å². The van der Waals surface area contributed by atoms with E-state index in [9.17, 15) is 9.59 Å². The van der Waals surface area contributed by atoms with Crippen LogP contribution in [-0.2, 0) is 9.59 Å². The Morgan fingerprint density at radius 1 is 1.28 bits per heavy atom. The van der Waals surface area contributed by atoms with Crippen molar-refractivity contribution in [2.24, 2.45) is 5.73 Å². The molecule has 2 amide bonds. The minimum absolute atomic E-state index is 0.0816. The molecule has 1 aromatic rings. The van der Waals surface area contributed by atoms with Crippen LogP contribution >= 0.6 is 0 Å². The zero-order chi connectivity index (χ0) is 18.1. The normalized spacial score (nSPS) is 20.8. The van der Waals surface area contributed by atoms with Crippen molar-refractivity contribution in [1.29, 1.82) is 0 Å². The largest absolute Gasteiger partial charge is 0.366 e. The van der Waals surface area contributed by atoms with Crippen molar-refractivity contribution in [2.45, 2.75) is 33.1 Å². The predicted octanol–water partition coefficient (Wildman–Crippen LogP) is 3.88. The molecule has 0 aromatic heterocycles. The summed E-state index contributed by atoms with van der Waals surface area (Å²) in [7, 11) is 0. The van der Waals surface area contributed by atoms with Gasteiger partial charge in [-0.2, -0.15) is 0 Å². The summed E-state index contributed by atoms with van der Waals surface area (Å²) >= 11 is 0. The molecule has 128 valence electrons. The third-order valence-electron chi connectivity index (χ3n) is 4.98. The fraction of sp³-hybridized carbons (Fsp3) is 0.238. The smallest absolute Gasteiger partial charge is 0.256 e. The number of carbonyl (C=O) groups excluding carboxylic acids is 2. The number of nitrogens with one attached hydrogen (secondary N) is 1. The van der Waals surface area contributed by atoms with Crippen molar-refractivity contribution >= 4 is 23.1 Å². The SMILES string of the molecule is C=C/C(C)=C(/C(N)=O)C1=C(C)/C(=C2\C(=O)Nc3ccccc32)CCC1. The minimum Gasteiger partial charge on any atom is -0.366 e. The maximum atomic E-state index is 12.6. The summed E-state index contributed by atoms with van der Waals surface area (Å²) in [6, 6.07) is 7.69. The number of rotatable bonds is 3. The summed E-state index contributed by atoms with van der Waals surface area (Å²) in [6.45, 7) is 7.57. The molecule has 0 unspecified atom stereocenters. The maximum absolute atomic E-state index is 12.6. The highest BCUT2D eigenvalue weighted by molar-refractivity contribution is 6.32. The molecule has 25 heavy (non-hydrogen) atoms. The van der Waals surface area contributed by atoms with Crippen molar-refractivity contribution in [3.8, 4) is 0 Å². The Bertz CT molecular complexity index is 885. The number of primary amides is 1. The summed E-state index contributed by atoms with van der Waals surface area (Å²) in [5.74, 6) is -0.531. The molecule has 0 radical (unpaired) electrons. The summed E-state index contributed by atoms with van der Waals surface area (Å²) in [4.78, 5) is 24.6. The van der Waals surface area contributed by atoms with Crippen LogP contribution in [0, 0.1) is 0 Å². The van der Waals surface area contributed by atoms with Gasteiger partial charge in [-0.3, -0.25) is 9.59 Å². The lowest BCUT2D eigenvalue weighted by Gasteiger charge is -2.24. The number of amides is 2. The van der Waals surface area contributed by atoms with E-state index in [1.807, 2.05) is 38.1 Å². The van der Waals surface area contributed by atoms with Crippen LogP contribution < -0.4 is 11.1 Å². The van der Waals surface area contributed by atoms with E-state index in [-0.39, 0.29) is 5.91 Å². The molecular formula is C21H22N2O2. The molecular weight excluding hydrogens is 312 g/mol. The number of benzene rings is 1. The Labute approximate surface area is 147 Å². The van der Waals surface area contributed by atoms with Crippen LogP contribution in [0.25, 0.3) is 5.57 Å². The number of nitrogens with two attached hydrogens (primary N) is 1. The highest BCUT2D eigenvalue weighted by atomic mass is 16.2. The maximum Gasteiger partial charge on any atom is 0.256 e. The number of fused-ring (bicyclic) bond motifs is 1. The van der Waals surface area contributed by atoms with Crippen LogP contribution in [0.4, 0.5) is 5.69 Å². The topological polar surface area (TPSA) is 72.2 Å². The Morgan fingerprint density at radius 3 is 2.68 bits per heavy atom. The Kier molecular flexibility index (Phi) is 4.45. The lowest BCUT2D eigenvalue weighted by atomic mass is 9.80. The monoisotopic (exact) mass is 334 g/mol. The number of hydrogen-bond donors (Lipinski definition) is 2. The molecule has 3 N–H and O–H groups in total. The number of carbonyl (C=O) groups is 2. The molecule has 0 atom stereocenters. The number of anilines is 1. The van der Waals surface area contributed by atoms with Gasteiger partial charge >= 0.3 is 0 Å². The van der Waals surface area contributed by atoms with Gasteiger partial charge in [-0.15, -0.1) is 0 Å². The first kappa shape index (κ1) is 17.0. The van der Waals surface area contributed by atoms with E-state index < -0.39 is 5.91 Å². The Morgan fingerprint density at radius 2 is 2.00 bits per heavy atom. The Hall–Kier alpha value is -2.88. The van der Waals surface area contributed by atoms with Crippen molar-refractivity contribution in [2.75, 3.05) is 5.32 Å². The van der Waals surface area contributed by atoms with Gasteiger partial charge in [0.1, 0.15) is 0 Å². The first-order valence-electron chi connectivity index (χ1n) is 8.43. The molecule has 0 saturated heterocycles. The lowest BCUT2D eigenvalue weighted by molar-refractivity contribution is -0.114. The fourth-order valence-electron chi connectivity index (χ4n) is 3.72. The van der Waals surface area contributed by atoms with Gasteiger partial charge in [0.15, 0.2) is 0 Å². The highest BCUT2D eigenvalue weighted by Gasteiger charge is 2.30. The third-order valence-corrected chi connectivity index (χ3v) is 4.98. The number of hydrogen-bond acceptors (Lipinski definition) is 2. The van der Waals surface area contributed by atoms with E-state index in [1.54, 1.807) is 6.08 Å². The predicted molar refractivity (Wildman–Crippen MR) is 101 cm³/mol. The van der Waals surface area contributed by atoms with Crippen LogP contribution in [0.15, 0.2) is 64.8 Å². The molecule has 0 saturated carbocycles. The van der Waals surface area contributed by atoms with Gasteiger partial charge in [0, 0.05) is 16.8 Å². The molecule has 4 nitrogen and oxygen atoms in total. The number of allylic oxidation sites excluding steroid dienone is 4. The standard InChI is InChI=1S/C21H22N2O2/c1-4-12(2)18(20(22)24)14-9-7-10-15(13(14)3)19-16-8-5-6-11-17(16)23-21(19)25/h4-6,8,11H,1,7,9-10H2,2-3H3,(H2,22,24)(H,23,25)/b18-12+,19-15-. The average molecular weight is 334 g/mol. The molecule has 0 fully saturated rings. The average Bonchev–Trinajstić information content (AvgIpc) is 2.92. The van der Waals surface area contributed by atoms with Crippen molar-refractivity contribution < 1.29 is 9.59 Å². The third kappa shape index (κ3) is 2.84. The molecule has 0 spiro atoms. The van der Waals surface area contributed by atoms with Gasteiger partial charge in [0.05, 0.1) is 5.57 Å². The van der Waals surface area contributed by atoms with Crippen LogP contribution in [0.5, 0.6) is 0 Å². The van der Waals surface area contributed by atoms with Crippen LogP contribution in [0.1, 0.15) is 38.7 Å². The summed E-state index contributed by atoms with van der Waals surface area (Å²) < 4.78 is 0. The minimum atomic E-state index is -0.450. The first-order valence-corrected chi connectivity index (χ1v) is 8.43. The molecule has 4 heteroatoms. The quantitative estimate of drug-likeness (QED) is 0.650. The highest BCUT2D eigenvalue weighted by Crippen LogP contribution is 2.42. The van der Waals surface area contributed by atoms with Gasteiger partial charge < -0.3 is 11.1 Å². The second kappa shape index (κ2) is 6.55. The van der Waals surface area contributed by atoms with E-state index >= 15 is 0 Å². The second-order valence-electron chi connectivity index (χ2n) is 6.44. The first-order chi connectivity index (χ1) is 12.0. The zero-order valence-corrected chi connectivity index (χ0v) is 14.6.